The first-order chi connectivity index (χ1) is 5.91. The zero-order valence-corrected chi connectivity index (χ0v) is 9.69. The molecule has 0 aromatic rings. The maximum Gasteiger partial charge on any atom is 0.219 e. The van der Waals surface area contributed by atoms with Crippen LogP contribution in [0.1, 0.15) is 6.92 Å². The molecular weight excluding hydrogens is 186 g/mol. The quantitative estimate of drug-likeness (QED) is 0.636. The fraction of sp³-hybridized carbons (Fsp3) is 0.889. The molecule has 0 bridgehead atoms. The van der Waals surface area contributed by atoms with Gasteiger partial charge in [-0.25, -0.2) is 10.0 Å². The van der Waals surface area contributed by atoms with Crippen molar-refractivity contribution >= 4 is 15.9 Å². The van der Waals surface area contributed by atoms with E-state index in [-0.39, 0.29) is 11.3 Å². The Labute approximate surface area is 81.7 Å². The predicted molar refractivity (Wildman–Crippen MR) is 57.4 cm³/mol. The Morgan fingerprint density at radius 3 is 2.54 bits per heavy atom. The Hall–Kier alpha value is -0.220. The van der Waals surface area contributed by atoms with Crippen LogP contribution in [0.25, 0.3) is 0 Å². The summed E-state index contributed by atoms with van der Waals surface area (Å²) in [4.78, 5) is 13.0. The van der Waals surface area contributed by atoms with Gasteiger partial charge in [-0.2, -0.15) is 0 Å². The van der Waals surface area contributed by atoms with E-state index in [0.717, 1.165) is 13.1 Å². The van der Waals surface area contributed by atoms with Crippen molar-refractivity contribution in [2.75, 3.05) is 38.5 Å². The van der Waals surface area contributed by atoms with E-state index in [1.807, 2.05) is 4.90 Å². The van der Waals surface area contributed by atoms with Crippen LogP contribution in [0.15, 0.2) is 0 Å². The molecule has 1 atom stereocenters. The summed E-state index contributed by atoms with van der Waals surface area (Å²) in [5.74, 6) is 0.164. The van der Waals surface area contributed by atoms with Gasteiger partial charge in [0.25, 0.3) is 0 Å². The van der Waals surface area contributed by atoms with E-state index >= 15 is 0 Å². The topological polar surface area (TPSA) is 29.5 Å². The van der Waals surface area contributed by atoms with E-state index < -0.39 is 10.0 Å². The molecule has 78 valence electrons. The van der Waals surface area contributed by atoms with Gasteiger partial charge in [0.1, 0.15) is 5.44 Å². The second-order valence-corrected chi connectivity index (χ2v) is 8.59. The van der Waals surface area contributed by atoms with Gasteiger partial charge < -0.3 is 9.64 Å². The van der Waals surface area contributed by atoms with Gasteiger partial charge in [-0.3, -0.25) is 4.79 Å². The molecule has 1 saturated heterocycles. The van der Waals surface area contributed by atoms with E-state index in [1.165, 1.54) is 0 Å². The largest absolute Gasteiger partial charge is 0.365 e. The molecular formula is C9H19NO2S. The SMILES string of the molecule is CC(=O)N1CCOC(S(C)(C)C)C1. The molecule has 0 aromatic heterocycles. The van der Waals surface area contributed by atoms with Crippen molar-refractivity contribution in [3.05, 3.63) is 0 Å². The second-order valence-electron chi connectivity index (χ2n) is 4.20. The van der Waals surface area contributed by atoms with Crippen LogP contribution >= 0.6 is 10.0 Å². The minimum absolute atomic E-state index is 0.164. The molecule has 1 amide bonds. The third kappa shape index (κ3) is 2.88. The molecule has 1 aliphatic rings. The molecule has 1 aliphatic heterocycles. The Kier molecular flexibility index (Phi) is 3.24. The summed E-state index contributed by atoms with van der Waals surface area (Å²) in [5.41, 5.74) is 0.255. The lowest BCUT2D eigenvalue weighted by molar-refractivity contribution is -0.133. The number of hydrogen-bond acceptors (Lipinski definition) is 2. The average Bonchev–Trinajstić information content (AvgIpc) is 2.03. The molecule has 0 N–H and O–H groups in total. The first-order valence-corrected chi connectivity index (χ1v) is 7.37. The van der Waals surface area contributed by atoms with E-state index in [4.69, 9.17) is 4.74 Å². The fourth-order valence-corrected chi connectivity index (χ4v) is 2.46. The summed E-state index contributed by atoms with van der Waals surface area (Å²) < 4.78 is 5.67. The monoisotopic (exact) mass is 205 g/mol. The van der Waals surface area contributed by atoms with Crippen molar-refractivity contribution in [2.45, 2.75) is 12.4 Å². The van der Waals surface area contributed by atoms with Crippen LogP contribution in [0.3, 0.4) is 0 Å². The number of amides is 1. The summed E-state index contributed by atoms with van der Waals surface area (Å²) in [7, 11) is -0.708. The lowest BCUT2D eigenvalue weighted by Gasteiger charge is -2.42. The van der Waals surface area contributed by atoms with Gasteiger partial charge in [0, 0.05) is 13.5 Å². The van der Waals surface area contributed by atoms with E-state index in [0.29, 0.717) is 6.61 Å². The standard InChI is InChI=1S/C9H19NO2S/c1-8(11)10-5-6-12-9(7-10)13(2,3)4/h9H,5-7H2,1-4H3. The Morgan fingerprint density at radius 1 is 1.46 bits per heavy atom. The van der Waals surface area contributed by atoms with Crippen molar-refractivity contribution in [1.29, 1.82) is 0 Å². The molecule has 0 aliphatic carbocycles. The van der Waals surface area contributed by atoms with Gasteiger partial charge in [0.15, 0.2) is 0 Å². The van der Waals surface area contributed by atoms with Crippen LogP contribution in [0.2, 0.25) is 0 Å². The summed E-state index contributed by atoms with van der Waals surface area (Å²) in [6, 6.07) is 0. The van der Waals surface area contributed by atoms with Gasteiger partial charge in [0.05, 0.1) is 13.2 Å². The zero-order chi connectivity index (χ0) is 10.1. The number of rotatable bonds is 1. The Bertz CT molecular complexity index is 200. The van der Waals surface area contributed by atoms with E-state index in [2.05, 4.69) is 18.8 Å². The highest BCUT2D eigenvalue weighted by atomic mass is 32.3. The average molecular weight is 205 g/mol. The third-order valence-electron chi connectivity index (χ3n) is 2.27. The minimum Gasteiger partial charge on any atom is -0.365 e. The van der Waals surface area contributed by atoms with Crippen molar-refractivity contribution in [1.82, 2.24) is 4.90 Å². The highest BCUT2D eigenvalue weighted by Gasteiger charge is 2.28. The van der Waals surface area contributed by atoms with E-state index in [9.17, 15) is 4.79 Å². The number of ether oxygens (including phenoxy) is 1. The number of carbonyl (C=O) groups is 1. The van der Waals surface area contributed by atoms with Crippen LogP contribution in [-0.2, 0) is 9.53 Å². The number of carbonyl (C=O) groups excluding carboxylic acids is 1. The van der Waals surface area contributed by atoms with Crippen molar-refractivity contribution < 1.29 is 9.53 Å². The van der Waals surface area contributed by atoms with Gasteiger partial charge in [0.2, 0.25) is 5.91 Å². The predicted octanol–water partition coefficient (Wildman–Crippen LogP) is 0.885. The van der Waals surface area contributed by atoms with Crippen LogP contribution in [0, 0.1) is 0 Å². The van der Waals surface area contributed by atoms with Crippen molar-refractivity contribution in [3.63, 3.8) is 0 Å². The Balaban J connectivity index is 2.57. The molecule has 0 saturated carbocycles. The maximum atomic E-state index is 11.2. The van der Waals surface area contributed by atoms with Crippen LogP contribution < -0.4 is 0 Å². The lowest BCUT2D eigenvalue weighted by Crippen LogP contribution is -2.46. The molecule has 0 radical (unpaired) electrons. The smallest absolute Gasteiger partial charge is 0.219 e. The summed E-state index contributed by atoms with van der Waals surface area (Å²) in [6.45, 7) is 3.84. The molecule has 0 aromatic carbocycles. The normalized spacial score (nSPS) is 25.8. The maximum absolute atomic E-state index is 11.2. The summed E-state index contributed by atoms with van der Waals surface area (Å²) in [6.07, 6.45) is 6.67. The molecule has 4 heteroatoms. The molecule has 0 spiro atoms. The van der Waals surface area contributed by atoms with Crippen LogP contribution in [-0.4, -0.2) is 54.7 Å². The third-order valence-corrected chi connectivity index (χ3v) is 4.13. The molecule has 1 rings (SSSR count). The van der Waals surface area contributed by atoms with E-state index in [1.54, 1.807) is 6.92 Å². The van der Waals surface area contributed by atoms with Crippen LogP contribution in [0.5, 0.6) is 0 Å². The van der Waals surface area contributed by atoms with Gasteiger partial charge in [-0.1, -0.05) is 0 Å². The van der Waals surface area contributed by atoms with Gasteiger partial charge >= 0.3 is 0 Å². The fourth-order valence-electron chi connectivity index (χ4n) is 1.33. The minimum atomic E-state index is -0.708. The first-order valence-electron chi connectivity index (χ1n) is 4.45. The lowest BCUT2D eigenvalue weighted by atomic mass is 10.4. The zero-order valence-electron chi connectivity index (χ0n) is 8.87. The molecule has 1 unspecified atom stereocenters. The van der Waals surface area contributed by atoms with Gasteiger partial charge in [-0.05, 0) is 18.8 Å². The molecule has 1 heterocycles. The van der Waals surface area contributed by atoms with Crippen LogP contribution in [0.4, 0.5) is 0 Å². The molecule has 3 nitrogen and oxygen atoms in total. The summed E-state index contributed by atoms with van der Waals surface area (Å²) >= 11 is 0. The van der Waals surface area contributed by atoms with Crippen molar-refractivity contribution in [2.24, 2.45) is 0 Å². The number of morpholine rings is 1. The summed E-state index contributed by atoms with van der Waals surface area (Å²) in [5, 5.41) is 0. The number of hydrogen-bond donors (Lipinski definition) is 0. The Morgan fingerprint density at radius 2 is 2.08 bits per heavy atom. The first kappa shape index (κ1) is 10.9. The second kappa shape index (κ2) is 3.88. The highest BCUT2D eigenvalue weighted by molar-refractivity contribution is 8.32. The number of nitrogens with zero attached hydrogens (tertiary/aromatic N) is 1. The van der Waals surface area contributed by atoms with Crippen molar-refractivity contribution in [3.8, 4) is 0 Å². The van der Waals surface area contributed by atoms with Gasteiger partial charge in [-0.15, -0.1) is 0 Å². The molecule has 13 heavy (non-hydrogen) atoms. The molecule has 1 fully saturated rings. The highest BCUT2D eigenvalue weighted by Crippen LogP contribution is 2.42.